The fourth-order valence-electron chi connectivity index (χ4n) is 2.73. The second-order valence-corrected chi connectivity index (χ2v) is 7.21. The summed E-state index contributed by atoms with van der Waals surface area (Å²) in [7, 11) is 0. The highest BCUT2D eigenvalue weighted by Gasteiger charge is 2.36. The van der Waals surface area contributed by atoms with Crippen molar-refractivity contribution in [2.75, 3.05) is 0 Å². The van der Waals surface area contributed by atoms with E-state index in [-0.39, 0.29) is 42.3 Å². The van der Waals surface area contributed by atoms with Crippen LogP contribution in [0.3, 0.4) is 0 Å². The molecule has 130 valence electrons. The molecule has 2 aromatic rings. The van der Waals surface area contributed by atoms with E-state index >= 15 is 0 Å². The number of halogens is 2. The number of aliphatic carboxylic acids is 1. The van der Waals surface area contributed by atoms with Crippen LogP contribution >= 0.6 is 11.8 Å². The van der Waals surface area contributed by atoms with E-state index in [0.29, 0.717) is 5.65 Å². The Kier molecular flexibility index (Phi) is 4.33. The van der Waals surface area contributed by atoms with Crippen LogP contribution < -0.4 is 5.56 Å². The summed E-state index contributed by atoms with van der Waals surface area (Å²) in [6, 6.07) is -0.244. The number of H-pyrrole nitrogens is 1. The molecule has 0 spiro atoms. The lowest BCUT2D eigenvalue weighted by Gasteiger charge is -2.28. The van der Waals surface area contributed by atoms with Gasteiger partial charge in [-0.3, -0.25) is 9.59 Å². The number of fused-ring (bicyclic) bond motifs is 1. The molecule has 7 nitrogen and oxygen atoms in total. The number of carboxylic acid groups (broad SMARTS) is 1. The Balaban J connectivity index is 1.94. The van der Waals surface area contributed by atoms with Crippen LogP contribution in [0.2, 0.25) is 0 Å². The third-order valence-corrected chi connectivity index (χ3v) is 5.08. The summed E-state index contributed by atoms with van der Waals surface area (Å²) < 4.78 is 28.2. The van der Waals surface area contributed by atoms with Crippen molar-refractivity contribution in [3.8, 4) is 0 Å². The molecule has 24 heavy (non-hydrogen) atoms. The van der Waals surface area contributed by atoms with E-state index in [1.165, 1.54) is 17.8 Å². The molecule has 0 amide bonds. The van der Waals surface area contributed by atoms with Gasteiger partial charge < -0.3 is 10.1 Å². The Hall–Kier alpha value is -1.97. The molecule has 1 atom stereocenters. The van der Waals surface area contributed by atoms with Crippen molar-refractivity contribution in [1.29, 1.82) is 0 Å². The predicted molar refractivity (Wildman–Crippen MR) is 83.6 cm³/mol. The van der Waals surface area contributed by atoms with Gasteiger partial charge in [-0.25, -0.2) is 18.4 Å². The van der Waals surface area contributed by atoms with Crippen molar-refractivity contribution in [3.05, 3.63) is 16.6 Å². The first kappa shape index (κ1) is 16.9. The first-order chi connectivity index (χ1) is 11.3. The molecule has 0 saturated heterocycles. The van der Waals surface area contributed by atoms with Crippen molar-refractivity contribution in [2.45, 2.75) is 55.0 Å². The summed E-state index contributed by atoms with van der Waals surface area (Å²) in [6.07, 6.45) is 1.43. The Morgan fingerprint density at radius 3 is 2.79 bits per heavy atom. The maximum atomic E-state index is 13.3. The SMILES string of the molecule is CC(Sc1nc2c(cnn2C2CCC(F)(F)CC2)c(=O)[nH]1)C(=O)O. The summed E-state index contributed by atoms with van der Waals surface area (Å²) >= 11 is 0.912. The van der Waals surface area contributed by atoms with E-state index in [1.807, 2.05) is 0 Å². The molecule has 2 N–H and O–H groups in total. The standard InChI is InChI=1S/C14H16F2N4O3S/c1-7(12(22)23)24-13-18-10-9(11(21)19-13)6-17-20(10)8-2-4-14(15,16)5-3-8/h6-8H,2-5H2,1H3,(H,22,23)(H,18,19,21). The number of thioether (sulfide) groups is 1. The predicted octanol–water partition coefficient (Wildman–Crippen LogP) is 2.44. The molecule has 1 aliphatic carbocycles. The van der Waals surface area contributed by atoms with Crippen LogP contribution in [-0.4, -0.2) is 42.0 Å². The Morgan fingerprint density at radius 2 is 2.17 bits per heavy atom. The van der Waals surface area contributed by atoms with E-state index < -0.39 is 22.7 Å². The quantitative estimate of drug-likeness (QED) is 0.643. The zero-order valence-electron chi connectivity index (χ0n) is 12.8. The largest absolute Gasteiger partial charge is 0.480 e. The van der Waals surface area contributed by atoms with E-state index in [4.69, 9.17) is 5.11 Å². The Bertz CT molecular complexity index is 825. The summed E-state index contributed by atoms with van der Waals surface area (Å²) in [6.45, 7) is 1.48. The summed E-state index contributed by atoms with van der Waals surface area (Å²) in [5.74, 6) is -3.67. The number of carbonyl (C=O) groups is 1. The molecular weight excluding hydrogens is 342 g/mol. The van der Waals surface area contributed by atoms with E-state index in [0.717, 1.165) is 11.8 Å². The van der Waals surface area contributed by atoms with E-state index in [9.17, 15) is 18.4 Å². The fourth-order valence-corrected chi connectivity index (χ4v) is 3.45. The van der Waals surface area contributed by atoms with Crippen LogP contribution in [0.15, 0.2) is 16.1 Å². The zero-order valence-corrected chi connectivity index (χ0v) is 13.6. The molecule has 3 rings (SSSR count). The van der Waals surface area contributed by atoms with E-state index in [2.05, 4.69) is 15.1 Å². The lowest BCUT2D eigenvalue weighted by Crippen LogP contribution is -2.27. The third kappa shape index (κ3) is 3.28. The zero-order chi connectivity index (χ0) is 17.5. The van der Waals surface area contributed by atoms with Gasteiger partial charge in [-0.1, -0.05) is 11.8 Å². The number of hydrogen-bond acceptors (Lipinski definition) is 5. The van der Waals surface area contributed by atoms with Crippen LogP contribution in [0.5, 0.6) is 0 Å². The van der Waals surface area contributed by atoms with Gasteiger partial charge in [0.15, 0.2) is 10.8 Å². The van der Waals surface area contributed by atoms with Crippen molar-refractivity contribution < 1.29 is 18.7 Å². The minimum Gasteiger partial charge on any atom is -0.480 e. The molecule has 0 bridgehead atoms. The van der Waals surface area contributed by atoms with Crippen molar-refractivity contribution in [2.24, 2.45) is 0 Å². The molecule has 1 saturated carbocycles. The van der Waals surface area contributed by atoms with Gasteiger partial charge in [-0.2, -0.15) is 5.10 Å². The molecule has 0 radical (unpaired) electrons. The molecule has 10 heteroatoms. The molecule has 0 aromatic carbocycles. The van der Waals surface area contributed by atoms with Crippen molar-refractivity contribution in [3.63, 3.8) is 0 Å². The second-order valence-electron chi connectivity index (χ2n) is 5.88. The summed E-state index contributed by atoms with van der Waals surface area (Å²) in [5.41, 5.74) is -0.124. The second kappa shape index (κ2) is 6.15. The van der Waals surface area contributed by atoms with Gasteiger partial charge in [0.2, 0.25) is 5.92 Å². The number of nitrogens with one attached hydrogen (secondary N) is 1. The highest BCUT2D eigenvalue weighted by Crippen LogP contribution is 2.38. The summed E-state index contributed by atoms with van der Waals surface area (Å²) in [4.78, 5) is 29.9. The highest BCUT2D eigenvalue weighted by atomic mass is 32.2. The normalized spacial score (nSPS) is 19.5. The summed E-state index contributed by atoms with van der Waals surface area (Å²) in [5, 5.41) is 12.8. The van der Waals surface area contributed by atoms with E-state index in [1.54, 1.807) is 0 Å². The molecule has 2 heterocycles. The van der Waals surface area contributed by atoms with Crippen molar-refractivity contribution >= 4 is 28.8 Å². The average molecular weight is 358 g/mol. The van der Waals surface area contributed by atoms with Crippen LogP contribution in [0.25, 0.3) is 11.0 Å². The number of alkyl halides is 2. The lowest BCUT2D eigenvalue weighted by molar-refractivity contribution is -0.136. The number of hydrogen-bond donors (Lipinski definition) is 2. The van der Waals surface area contributed by atoms with Crippen LogP contribution in [0, 0.1) is 0 Å². The number of rotatable bonds is 4. The molecule has 1 aliphatic rings. The minimum atomic E-state index is -2.65. The smallest absolute Gasteiger partial charge is 0.316 e. The highest BCUT2D eigenvalue weighted by molar-refractivity contribution is 8.00. The minimum absolute atomic E-state index is 0.172. The first-order valence-corrected chi connectivity index (χ1v) is 8.39. The van der Waals surface area contributed by atoms with Crippen LogP contribution in [-0.2, 0) is 4.79 Å². The first-order valence-electron chi connectivity index (χ1n) is 7.52. The maximum Gasteiger partial charge on any atom is 0.316 e. The van der Waals surface area contributed by atoms with Gasteiger partial charge in [0.1, 0.15) is 10.6 Å². The molecular formula is C14H16F2N4O3S. The number of aromatic amines is 1. The lowest BCUT2D eigenvalue weighted by atomic mass is 9.92. The third-order valence-electron chi connectivity index (χ3n) is 4.11. The monoisotopic (exact) mass is 358 g/mol. The topological polar surface area (TPSA) is 101 Å². The van der Waals surface area contributed by atoms with Gasteiger partial charge in [0.25, 0.3) is 5.56 Å². The molecule has 1 fully saturated rings. The fraction of sp³-hybridized carbons (Fsp3) is 0.571. The van der Waals surface area contributed by atoms with Crippen LogP contribution in [0.1, 0.15) is 38.6 Å². The average Bonchev–Trinajstić information content (AvgIpc) is 2.91. The van der Waals surface area contributed by atoms with Gasteiger partial charge in [-0.05, 0) is 19.8 Å². The Labute approximate surface area is 139 Å². The van der Waals surface area contributed by atoms with Gasteiger partial charge in [0, 0.05) is 12.8 Å². The maximum absolute atomic E-state index is 13.3. The Morgan fingerprint density at radius 1 is 1.50 bits per heavy atom. The molecule has 0 aliphatic heterocycles. The number of nitrogens with zero attached hydrogens (tertiary/aromatic N) is 3. The van der Waals surface area contributed by atoms with Crippen molar-refractivity contribution in [1.82, 2.24) is 19.7 Å². The van der Waals surface area contributed by atoms with Crippen LogP contribution in [0.4, 0.5) is 8.78 Å². The van der Waals surface area contributed by atoms with Gasteiger partial charge >= 0.3 is 5.97 Å². The molecule has 1 unspecified atom stereocenters. The number of aromatic nitrogens is 4. The molecule has 2 aromatic heterocycles. The number of carboxylic acids is 1. The van der Waals surface area contributed by atoms with Gasteiger partial charge in [-0.15, -0.1) is 0 Å². The van der Waals surface area contributed by atoms with Gasteiger partial charge in [0.05, 0.1) is 12.2 Å².